The number of nitrogens with one attached hydrogen (secondary N) is 2. The van der Waals surface area contributed by atoms with Gasteiger partial charge in [-0.05, 0) is 12.1 Å². The molecule has 1 aliphatic rings. The van der Waals surface area contributed by atoms with Gasteiger partial charge in [0.15, 0.2) is 0 Å². The summed E-state index contributed by atoms with van der Waals surface area (Å²) in [5.74, 6) is -0.899. The highest BCUT2D eigenvalue weighted by Gasteiger charge is 2.40. The van der Waals surface area contributed by atoms with E-state index in [4.69, 9.17) is 0 Å². The lowest BCUT2D eigenvalue weighted by molar-refractivity contribution is -0.121. The van der Waals surface area contributed by atoms with Gasteiger partial charge in [0.2, 0.25) is 5.91 Å². The molecule has 1 aliphatic heterocycles. The summed E-state index contributed by atoms with van der Waals surface area (Å²) >= 11 is 0. The van der Waals surface area contributed by atoms with Crippen LogP contribution in [-0.2, 0) is 21.2 Å². The third kappa shape index (κ3) is 3.02. The molecule has 0 radical (unpaired) electrons. The highest BCUT2D eigenvalue weighted by molar-refractivity contribution is 7.90. The number of rotatable bonds is 6. The van der Waals surface area contributed by atoms with Crippen LogP contribution in [-0.4, -0.2) is 47.6 Å². The molecule has 2 aromatic rings. The van der Waals surface area contributed by atoms with Crippen LogP contribution in [0.1, 0.15) is 22.5 Å². The monoisotopic (exact) mass is 348 g/mol. The molecule has 0 atom stereocenters. The van der Waals surface area contributed by atoms with E-state index in [1.165, 1.54) is 12.1 Å². The van der Waals surface area contributed by atoms with Crippen LogP contribution >= 0.6 is 0 Å². The second-order valence-electron chi connectivity index (χ2n) is 5.31. The second-order valence-corrected chi connectivity index (χ2v) is 7.14. The van der Waals surface area contributed by atoms with Gasteiger partial charge in [-0.2, -0.15) is 0 Å². The zero-order valence-corrected chi connectivity index (χ0v) is 13.5. The van der Waals surface area contributed by atoms with E-state index in [9.17, 15) is 18.0 Å². The van der Waals surface area contributed by atoms with Crippen LogP contribution in [0.5, 0.6) is 0 Å². The maximum Gasteiger partial charge on any atom is 0.269 e. The van der Waals surface area contributed by atoms with Gasteiger partial charge in [-0.1, -0.05) is 12.1 Å². The highest BCUT2D eigenvalue weighted by Crippen LogP contribution is 2.29. The molecule has 0 saturated carbocycles. The lowest BCUT2D eigenvalue weighted by Crippen LogP contribution is -2.35. The predicted octanol–water partition coefficient (Wildman–Crippen LogP) is 0.303. The van der Waals surface area contributed by atoms with E-state index in [1.807, 2.05) is 0 Å². The van der Waals surface area contributed by atoms with Gasteiger partial charge in [-0.25, -0.2) is 17.7 Å². The van der Waals surface area contributed by atoms with Crippen molar-refractivity contribution in [3.05, 3.63) is 48.0 Å². The minimum atomic E-state index is -3.86. The van der Waals surface area contributed by atoms with Crippen molar-refractivity contribution >= 4 is 21.8 Å². The molecule has 0 unspecified atom stereocenters. The van der Waals surface area contributed by atoms with Crippen LogP contribution in [0.15, 0.2) is 41.7 Å². The predicted molar refractivity (Wildman–Crippen MR) is 84.6 cm³/mol. The second kappa shape index (κ2) is 6.44. The average Bonchev–Trinajstić information content (AvgIpc) is 3.13. The van der Waals surface area contributed by atoms with Gasteiger partial charge in [0, 0.05) is 37.8 Å². The van der Waals surface area contributed by atoms with Crippen molar-refractivity contribution in [1.82, 2.24) is 19.6 Å². The Bertz CT molecular complexity index is 861. The standard InChI is InChI=1S/C15H16N4O4S/c20-14(17-7-5-11-9-16-10-18-11)6-8-19-15(21)12-3-1-2-4-13(12)24(19,22)23/h1-4,9-10H,5-8H2,(H,16,18)(H,17,20). The highest BCUT2D eigenvalue weighted by atomic mass is 32.2. The Hall–Kier alpha value is -2.68. The van der Waals surface area contributed by atoms with E-state index in [-0.39, 0.29) is 29.3 Å². The zero-order chi connectivity index (χ0) is 17.2. The molecule has 0 bridgehead atoms. The third-order valence-electron chi connectivity index (χ3n) is 3.73. The lowest BCUT2D eigenvalue weighted by Gasteiger charge is -2.14. The number of hydrogen-bond donors (Lipinski definition) is 2. The molecule has 0 fully saturated rings. The molecule has 2 N–H and O–H groups in total. The summed E-state index contributed by atoms with van der Waals surface area (Å²) in [4.78, 5) is 30.8. The molecule has 126 valence electrons. The number of imidazole rings is 1. The van der Waals surface area contributed by atoms with E-state index in [0.29, 0.717) is 13.0 Å². The molecule has 8 nitrogen and oxygen atoms in total. The number of H-pyrrole nitrogens is 1. The molecule has 2 amide bonds. The molecule has 2 heterocycles. The first-order chi connectivity index (χ1) is 11.5. The minimum Gasteiger partial charge on any atom is -0.356 e. The molecule has 0 aliphatic carbocycles. The third-order valence-corrected chi connectivity index (χ3v) is 5.57. The summed E-state index contributed by atoms with van der Waals surface area (Å²) in [5.41, 5.74) is 1.04. The fraction of sp³-hybridized carbons (Fsp3) is 0.267. The van der Waals surface area contributed by atoms with Gasteiger partial charge in [0.1, 0.15) is 4.90 Å². The van der Waals surface area contributed by atoms with Crippen molar-refractivity contribution < 1.29 is 18.0 Å². The van der Waals surface area contributed by atoms with Gasteiger partial charge >= 0.3 is 0 Å². The number of aromatic nitrogens is 2. The van der Waals surface area contributed by atoms with Crippen LogP contribution < -0.4 is 5.32 Å². The van der Waals surface area contributed by atoms with Gasteiger partial charge in [-0.15, -0.1) is 0 Å². The van der Waals surface area contributed by atoms with E-state index < -0.39 is 15.9 Å². The molecule has 3 rings (SSSR count). The van der Waals surface area contributed by atoms with Gasteiger partial charge in [0.05, 0.1) is 11.9 Å². The van der Waals surface area contributed by atoms with Crippen LogP contribution in [0.4, 0.5) is 0 Å². The Morgan fingerprint density at radius 2 is 2.08 bits per heavy atom. The molecule has 9 heteroatoms. The number of amides is 2. The van der Waals surface area contributed by atoms with Crippen LogP contribution in [0.2, 0.25) is 0 Å². The van der Waals surface area contributed by atoms with Crippen molar-refractivity contribution in [2.24, 2.45) is 0 Å². The van der Waals surface area contributed by atoms with Crippen LogP contribution in [0, 0.1) is 0 Å². The summed E-state index contributed by atoms with van der Waals surface area (Å²) < 4.78 is 25.4. The number of fused-ring (bicyclic) bond motifs is 1. The number of benzene rings is 1. The summed E-state index contributed by atoms with van der Waals surface area (Å²) in [6, 6.07) is 6.04. The largest absolute Gasteiger partial charge is 0.356 e. The van der Waals surface area contributed by atoms with Gasteiger partial charge in [0.25, 0.3) is 15.9 Å². The lowest BCUT2D eigenvalue weighted by atomic mass is 10.2. The summed E-state index contributed by atoms with van der Waals surface area (Å²) in [5, 5.41) is 2.69. The molecular formula is C15H16N4O4S. The van der Waals surface area contributed by atoms with Crippen molar-refractivity contribution in [3.8, 4) is 0 Å². The quantitative estimate of drug-likeness (QED) is 0.780. The molecule has 0 spiro atoms. The Morgan fingerprint density at radius 1 is 1.29 bits per heavy atom. The topological polar surface area (TPSA) is 112 Å². The van der Waals surface area contributed by atoms with Crippen molar-refractivity contribution in [2.75, 3.05) is 13.1 Å². The van der Waals surface area contributed by atoms with Crippen molar-refractivity contribution in [1.29, 1.82) is 0 Å². The first-order valence-corrected chi connectivity index (χ1v) is 8.84. The maximum absolute atomic E-state index is 12.3. The number of aromatic amines is 1. The number of carbonyl (C=O) groups excluding carboxylic acids is 2. The summed E-state index contributed by atoms with van der Waals surface area (Å²) in [6.45, 7) is 0.230. The Balaban J connectivity index is 1.55. The number of carbonyl (C=O) groups is 2. The van der Waals surface area contributed by atoms with Gasteiger partial charge < -0.3 is 10.3 Å². The Kier molecular flexibility index (Phi) is 4.34. The zero-order valence-electron chi connectivity index (χ0n) is 12.7. The fourth-order valence-corrected chi connectivity index (χ4v) is 4.07. The van der Waals surface area contributed by atoms with E-state index >= 15 is 0 Å². The van der Waals surface area contributed by atoms with Gasteiger partial charge in [-0.3, -0.25) is 9.59 Å². The maximum atomic E-state index is 12.3. The smallest absolute Gasteiger partial charge is 0.269 e. The number of nitrogens with zero attached hydrogens (tertiary/aromatic N) is 2. The number of sulfonamides is 1. The van der Waals surface area contributed by atoms with Crippen LogP contribution in [0.3, 0.4) is 0 Å². The van der Waals surface area contributed by atoms with Crippen LogP contribution in [0.25, 0.3) is 0 Å². The molecule has 24 heavy (non-hydrogen) atoms. The Labute approximate surface area is 138 Å². The van der Waals surface area contributed by atoms with E-state index in [2.05, 4.69) is 15.3 Å². The normalized spacial score (nSPS) is 15.3. The summed E-state index contributed by atoms with van der Waals surface area (Å²) in [6.07, 6.45) is 3.73. The minimum absolute atomic E-state index is 0.00495. The van der Waals surface area contributed by atoms with Crippen molar-refractivity contribution in [2.45, 2.75) is 17.7 Å². The Morgan fingerprint density at radius 3 is 2.79 bits per heavy atom. The molecule has 0 saturated heterocycles. The van der Waals surface area contributed by atoms with Crippen molar-refractivity contribution in [3.63, 3.8) is 0 Å². The number of hydrogen-bond acceptors (Lipinski definition) is 5. The molecule has 1 aromatic heterocycles. The van der Waals surface area contributed by atoms with E-state index in [1.54, 1.807) is 24.7 Å². The molecular weight excluding hydrogens is 332 g/mol. The first kappa shape index (κ1) is 16.2. The fourth-order valence-electron chi connectivity index (χ4n) is 2.50. The SMILES string of the molecule is O=C(CCN1C(=O)c2ccccc2S1(=O)=O)NCCc1cnc[nH]1. The summed E-state index contributed by atoms with van der Waals surface area (Å²) in [7, 11) is -3.86. The van der Waals surface area contributed by atoms with E-state index in [0.717, 1.165) is 10.00 Å². The molecule has 1 aromatic carbocycles. The average molecular weight is 348 g/mol. The first-order valence-electron chi connectivity index (χ1n) is 7.40.